The molecule has 0 bridgehead atoms. The lowest BCUT2D eigenvalue weighted by molar-refractivity contribution is 0.628. The summed E-state index contributed by atoms with van der Waals surface area (Å²) in [7, 11) is 1.74. The number of hydrogen-bond acceptors (Lipinski definition) is 2. The highest BCUT2D eigenvalue weighted by Crippen LogP contribution is 2.17. The van der Waals surface area contributed by atoms with Crippen LogP contribution >= 0.6 is 0 Å². The van der Waals surface area contributed by atoms with Crippen molar-refractivity contribution in [2.75, 3.05) is 18.1 Å². The molecule has 2 nitrogen and oxygen atoms in total. The first-order chi connectivity index (χ1) is 4.74. The molecule has 1 aromatic carbocycles. The van der Waals surface area contributed by atoms with Crippen LogP contribution in [0.4, 0.5) is 15.8 Å². The van der Waals surface area contributed by atoms with Crippen LogP contribution in [0.3, 0.4) is 0 Å². The second-order valence-electron chi connectivity index (χ2n) is 1.98. The van der Waals surface area contributed by atoms with Crippen molar-refractivity contribution in [3.8, 4) is 0 Å². The Balaban J connectivity index is 3.07. The normalized spacial score (nSPS) is 9.40. The standard InChI is InChI=1S/C7H9FN2/c1-10-7-3-2-5(8)4-6(7)9/h2-4,10H,9H2,1H3. The zero-order valence-corrected chi connectivity index (χ0v) is 5.69. The van der Waals surface area contributed by atoms with Gasteiger partial charge in [0.1, 0.15) is 5.82 Å². The van der Waals surface area contributed by atoms with Crippen molar-refractivity contribution in [2.45, 2.75) is 0 Å². The summed E-state index contributed by atoms with van der Waals surface area (Å²) in [4.78, 5) is 0. The van der Waals surface area contributed by atoms with Crippen LogP contribution in [0.25, 0.3) is 0 Å². The van der Waals surface area contributed by atoms with E-state index in [1.807, 2.05) is 0 Å². The topological polar surface area (TPSA) is 38.0 Å². The van der Waals surface area contributed by atoms with Crippen molar-refractivity contribution in [3.63, 3.8) is 0 Å². The molecule has 0 atom stereocenters. The molecule has 0 heterocycles. The lowest BCUT2D eigenvalue weighted by Crippen LogP contribution is -1.95. The first kappa shape index (κ1) is 6.86. The molecule has 0 radical (unpaired) electrons. The average molecular weight is 140 g/mol. The Morgan fingerprint density at radius 2 is 2.20 bits per heavy atom. The van der Waals surface area contributed by atoms with E-state index in [2.05, 4.69) is 5.32 Å². The van der Waals surface area contributed by atoms with Gasteiger partial charge in [0.25, 0.3) is 0 Å². The van der Waals surface area contributed by atoms with Gasteiger partial charge in [0.15, 0.2) is 0 Å². The van der Waals surface area contributed by atoms with Crippen LogP contribution in [0.1, 0.15) is 0 Å². The molecular formula is C7H9FN2. The van der Waals surface area contributed by atoms with Gasteiger partial charge in [-0.15, -0.1) is 0 Å². The third-order valence-corrected chi connectivity index (χ3v) is 1.28. The predicted molar refractivity (Wildman–Crippen MR) is 40.4 cm³/mol. The van der Waals surface area contributed by atoms with Gasteiger partial charge < -0.3 is 11.1 Å². The zero-order chi connectivity index (χ0) is 7.56. The molecule has 0 aliphatic heterocycles. The summed E-state index contributed by atoms with van der Waals surface area (Å²) >= 11 is 0. The third kappa shape index (κ3) is 1.18. The molecule has 0 aliphatic rings. The molecule has 0 saturated carbocycles. The zero-order valence-electron chi connectivity index (χ0n) is 5.69. The van der Waals surface area contributed by atoms with E-state index in [-0.39, 0.29) is 5.82 Å². The maximum atomic E-state index is 12.4. The van der Waals surface area contributed by atoms with Gasteiger partial charge in [-0.3, -0.25) is 0 Å². The van der Waals surface area contributed by atoms with Gasteiger partial charge in [-0.2, -0.15) is 0 Å². The average Bonchev–Trinajstić information content (AvgIpc) is 1.88. The number of benzene rings is 1. The largest absolute Gasteiger partial charge is 0.397 e. The lowest BCUT2D eigenvalue weighted by Gasteiger charge is -2.02. The van der Waals surface area contributed by atoms with E-state index in [0.29, 0.717) is 5.69 Å². The second-order valence-corrected chi connectivity index (χ2v) is 1.98. The summed E-state index contributed by atoms with van der Waals surface area (Å²) < 4.78 is 12.4. The highest BCUT2D eigenvalue weighted by molar-refractivity contribution is 5.65. The minimum Gasteiger partial charge on any atom is -0.397 e. The Bertz CT molecular complexity index is 235. The van der Waals surface area contributed by atoms with E-state index >= 15 is 0 Å². The molecule has 0 amide bonds. The summed E-state index contributed by atoms with van der Waals surface area (Å²) in [5.74, 6) is -0.309. The fraction of sp³-hybridized carbons (Fsp3) is 0.143. The van der Waals surface area contributed by atoms with E-state index in [1.165, 1.54) is 12.1 Å². The molecule has 0 spiro atoms. The molecule has 10 heavy (non-hydrogen) atoms. The lowest BCUT2D eigenvalue weighted by atomic mass is 10.2. The van der Waals surface area contributed by atoms with E-state index in [4.69, 9.17) is 5.73 Å². The van der Waals surface area contributed by atoms with E-state index in [9.17, 15) is 4.39 Å². The minimum atomic E-state index is -0.309. The summed E-state index contributed by atoms with van der Waals surface area (Å²) in [5.41, 5.74) is 6.61. The third-order valence-electron chi connectivity index (χ3n) is 1.28. The fourth-order valence-electron chi connectivity index (χ4n) is 0.761. The Hall–Kier alpha value is -1.25. The molecule has 0 aliphatic carbocycles. The van der Waals surface area contributed by atoms with Gasteiger partial charge in [-0.05, 0) is 18.2 Å². The van der Waals surface area contributed by atoms with Crippen molar-refractivity contribution in [1.82, 2.24) is 0 Å². The summed E-state index contributed by atoms with van der Waals surface area (Å²) in [5, 5.41) is 2.83. The molecule has 54 valence electrons. The highest BCUT2D eigenvalue weighted by Gasteiger charge is 1.95. The predicted octanol–water partition coefficient (Wildman–Crippen LogP) is 1.45. The van der Waals surface area contributed by atoms with Crippen molar-refractivity contribution in [2.24, 2.45) is 0 Å². The summed E-state index contributed by atoms with van der Waals surface area (Å²) in [6, 6.07) is 4.25. The summed E-state index contributed by atoms with van der Waals surface area (Å²) in [6.45, 7) is 0. The SMILES string of the molecule is CNc1ccc(F)cc1N. The van der Waals surface area contributed by atoms with Crippen LogP contribution in [0.2, 0.25) is 0 Å². The van der Waals surface area contributed by atoms with Gasteiger partial charge in [-0.1, -0.05) is 0 Å². The molecule has 0 unspecified atom stereocenters. The smallest absolute Gasteiger partial charge is 0.125 e. The summed E-state index contributed by atoms with van der Waals surface area (Å²) in [6.07, 6.45) is 0. The quantitative estimate of drug-likeness (QED) is 0.579. The number of nitrogens with two attached hydrogens (primary N) is 1. The Labute approximate surface area is 58.9 Å². The Kier molecular flexibility index (Phi) is 1.76. The molecule has 3 N–H and O–H groups in total. The second kappa shape index (κ2) is 2.56. The number of rotatable bonds is 1. The van der Waals surface area contributed by atoms with Gasteiger partial charge in [-0.25, -0.2) is 4.39 Å². The van der Waals surface area contributed by atoms with Crippen molar-refractivity contribution < 1.29 is 4.39 Å². The molecule has 1 aromatic rings. The van der Waals surface area contributed by atoms with E-state index in [1.54, 1.807) is 13.1 Å². The van der Waals surface area contributed by atoms with Crippen molar-refractivity contribution in [3.05, 3.63) is 24.0 Å². The monoisotopic (exact) mass is 140 g/mol. The maximum absolute atomic E-state index is 12.4. The van der Waals surface area contributed by atoms with Crippen LogP contribution in [0.15, 0.2) is 18.2 Å². The van der Waals surface area contributed by atoms with Crippen LogP contribution in [-0.2, 0) is 0 Å². The number of anilines is 2. The first-order valence-corrected chi connectivity index (χ1v) is 2.97. The van der Waals surface area contributed by atoms with Crippen LogP contribution in [-0.4, -0.2) is 7.05 Å². The fourth-order valence-corrected chi connectivity index (χ4v) is 0.761. The number of halogens is 1. The van der Waals surface area contributed by atoms with E-state index in [0.717, 1.165) is 5.69 Å². The van der Waals surface area contributed by atoms with Crippen LogP contribution in [0, 0.1) is 5.82 Å². The minimum absolute atomic E-state index is 0.309. The highest BCUT2D eigenvalue weighted by atomic mass is 19.1. The Morgan fingerprint density at radius 1 is 1.50 bits per heavy atom. The Morgan fingerprint density at radius 3 is 2.70 bits per heavy atom. The molecule has 3 heteroatoms. The number of nitrogens with one attached hydrogen (secondary N) is 1. The molecule has 0 aromatic heterocycles. The van der Waals surface area contributed by atoms with Gasteiger partial charge in [0.2, 0.25) is 0 Å². The van der Waals surface area contributed by atoms with E-state index < -0.39 is 0 Å². The number of nitrogen functional groups attached to an aromatic ring is 1. The van der Waals surface area contributed by atoms with Crippen LogP contribution in [0.5, 0.6) is 0 Å². The molecule has 0 fully saturated rings. The van der Waals surface area contributed by atoms with Gasteiger partial charge >= 0.3 is 0 Å². The molecular weight excluding hydrogens is 131 g/mol. The maximum Gasteiger partial charge on any atom is 0.125 e. The van der Waals surface area contributed by atoms with Gasteiger partial charge in [0.05, 0.1) is 11.4 Å². The van der Waals surface area contributed by atoms with Crippen LogP contribution < -0.4 is 11.1 Å². The first-order valence-electron chi connectivity index (χ1n) is 2.97. The van der Waals surface area contributed by atoms with Crippen molar-refractivity contribution in [1.29, 1.82) is 0 Å². The number of hydrogen-bond donors (Lipinski definition) is 2. The molecule has 1 rings (SSSR count). The molecule has 0 saturated heterocycles. The van der Waals surface area contributed by atoms with Crippen molar-refractivity contribution >= 4 is 11.4 Å². The van der Waals surface area contributed by atoms with Gasteiger partial charge in [0, 0.05) is 7.05 Å².